The maximum atomic E-state index is 11.2. The van der Waals surface area contributed by atoms with Crippen LogP contribution in [0.3, 0.4) is 0 Å². The Kier molecular flexibility index (Phi) is 6.56. The molecule has 0 unspecified atom stereocenters. The molecule has 2 aliphatic rings. The van der Waals surface area contributed by atoms with Gasteiger partial charge in [-0.1, -0.05) is 39.6 Å². The summed E-state index contributed by atoms with van der Waals surface area (Å²) < 4.78 is 16.8. The summed E-state index contributed by atoms with van der Waals surface area (Å²) in [4.78, 5) is 16.2. The van der Waals surface area contributed by atoms with E-state index in [1.165, 1.54) is 0 Å². The van der Waals surface area contributed by atoms with Gasteiger partial charge in [-0.15, -0.1) is 0 Å². The molecule has 10 heteroatoms. The Morgan fingerprint density at radius 1 is 1.05 bits per heavy atom. The Balaban J connectivity index is 1.14. The van der Waals surface area contributed by atoms with Crippen molar-refractivity contribution in [2.24, 2.45) is 0 Å². The fourth-order valence-electron chi connectivity index (χ4n) is 5.08. The summed E-state index contributed by atoms with van der Waals surface area (Å²) in [6.07, 6.45) is 4.10. The monoisotopic (exact) mass is 540 g/mol. The number of nitrogens with one attached hydrogen (secondary N) is 1. The van der Waals surface area contributed by atoms with Crippen LogP contribution in [-0.4, -0.2) is 34.0 Å². The van der Waals surface area contributed by atoms with Crippen molar-refractivity contribution in [3.8, 4) is 22.6 Å². The summed E-state index contributed by atoms with van der Waals surface area (Å²) in [7, 11) is 0. The number of aromatic amines is 1. The van der Waals surface area contributed by atoms with E-state index < -0.39 is 5.76 Å². The van der Waals surface area contributed by atoms with E-state index in [9.17, 15) is 4.79 Å². The number of nitrogens with zero attached hydrogens (tertiary/aromatic N) is 3. The normalized spacial score (nSPS) is 19.9. The van der Waals surface area contributed by atoms with Crippen molar-refractivity contribution in [3.05, 3.63) is 74.4 Å². The van der Waals surface area contributed by atoms with E-state index in [1.54, 1.807) is 0 Å². The minimum atomic E-state index is -0.563. The topological polar surface area (TPSA) is 97.4 Å². The van der Waals surface area contributed by atoms with Gasteiger partial charge < -0.3 is 14.2 Å². The Labute approximate surface area is 223 Å². The van der Waals surface area contributed by atoms with Crippen LogP contribution in [-0.2, 0) is 11.3 Å². The van der Waals surface area contributed by atoms with Crippen LogP contribution < -0.4 is 10.7 Å². The van der Waals surface area contributed by atoms with Gasteiger partial charge in [-0.3, -0.25) is 9.51 Å². The molecule has 3 heterocycles. The third-order valence-electron chi connectivity index (χ3n) is 7.17. The molecule has 0 radical (unpaired) electrons. The van der Waals surface area contributed by atoms with Gasteiger partial charge in [-0.2, -0.15) is 0 Å². The van der Waals surface area contributed by atoms with E-state index in [0.717, 1.165) is 54.8 Å². The predicted molar refractivity (Wildman–Crippen MR) is 141 cm³/mol. The maximum Gasteiger partial charge on any atom is 0.439 e. The van der Waals surface area contributed by atoms with Gasteiger partial charge in [-0.05, 0) is 69.0 Å². The molecule has 1 aliphatic heterocycles. The molecule has 8 nitrogen and oxygen atoms in total. The zero-order valence-electron chi connectivity index (χ0n) is 20.2. The van der Waals surface area contributed by atoms with Crippen molar-refractivity contribution in [2.45, 2.75) is 57.3 Å². The Hall–Kier alpha value is -3.07. The van der Waals surface area contributed by atoms with Gasteiger partial charge in [0.15, 0.2) is 5.82 Å². The average molecular weight is 541 g/mol. The molecule has 1 saturated carbocycles. The second-order valence-corrected chi connectivity index (χ2v) is 10.5. The lowest BCUT2D eigenvalue weighted by Crippen LogP contribution is -2.43. The molecule has 4 aromatic rings. The fraction of sp³-hybridized carbons (Fsp3) is 0.370. The number of rotatable bonds is 7. The largest absolute Gasteiger partial charge is 0.439 e. The van der Waals surface area contributed by atoms with Crippen LogP contribution in [0.5, 0.6) is 0 Å². The van der Waals surface area contributed by atoms with E-state index in [2.05, 4.69) is 31.6 Å². The summed E-state index contributed by atoms with van der Waals surface area (Å²) in [5, 5.41) is 9.22. The highest BCUT2D eigenvalue weighted by atomic mass is 35.5. The zero-order chi connectivity index (χ0) is 25.5. The molecule has 0 amide bonds. The molecule has 0 bridgehead atoms. The first-order valence-corrected chi connectivity index (χ1v) is 13.2. The smallest absolute Gasteiger partial charge is 0.373 e. The standard InChI is InChI=1S/C27H26Cl2N4O4/c1-15-13-19(11-12-33(15)18-9-7-17(8-10-18)26-30-27(34)37-32-26)35-14-20-24(31-36-25(20)16-5-6-16)23-21(28)3-2-4-22(23)29/h2-4,7-10,15-16,19H,5-6,11-14H2,1H3,(H,30,32,34)/t15-,19-/m1/s1. The summed E-state index contributed by atoms with van der Waals surface area (Å²) in [6, 6.07) is 13.7. The number of piperidine rings is 1. The number of hydrogen-bond donors (Lipinski definition) is 1. The number of ether oxygens (including phenoxy) is 1. The van der Waals surface area contributed by atoms with Crippen LogP contribution in [0.15, 0.2) is 56.3 Å². The van der Waals surface area contributed by atoms with Crippen molar-refractivity contribution in [2.75, 3.05) is 11.4 Å². The molecule has 0 spiro atoms. The van der Waals surface area contributed by atoms with Gasteiger partial charge in [0.05, 0.1) is 22.8 Å². The molecule has 2 aromatic heterocycles. The van der Waals surface area contributed by atoms with Gasteiger partial charge in [0.1, 0.15) is 11.5 Å². The third kappa shape index (κ3) is 4.93. The zero-order valence-corrected chi connectivity index (χ0v) is 21.8. The lowest BCUT2D eigenvalue weighted by molar-refractivity contribution is 0.0175. The Morgan fingerprint density at radius 3 is 2.46 bits per heavy atom. The van der Waals surface area contributed by atoms with E-state index >= 15 is 0 Å². The Bertz CT molecular complexity index is 1440. The predicted octanol–water partition coefficient (Wildman–Crippen LogP) is 6.44. The van der Waals surface area contributed by atoms with Crippen LogP contribution in [0.4, 0.5) is 5.69 Å². The molecule has 1 aliphatic carbocycles. The van der Waals surface area contributed by atoms with Crippen molar-refractivity contribution < 1.29 is 13.8 Å². The first-order chi connectivity index (χ1) is 18.0. The summed E-state index contributed by atoms with van der Waals surface area (Å²) in [5.74, 6) is 1.14. The van der Waals surface area contributed by atoms with Crippen LogP contribution in [0.25, 0.3) is 22.6 Å². The molecule has 37 heavy (non-hydrogen) atoms. The Morgan fingerprint density at radius 2 is 1.81 bits per heavy atom. The number of anilines is 1. The minimum absolute atomic E-state index is 0.113. The molecule has 1 saturated heterocycles. The first-order valence-electron chi connectivity index (χ1n) is 12.5. The third-order valence-corrected chi connectivity index (χ3v) is 7.80. The van der Waals surface area contributed by atoms with Crippen LogP contribution >= 0.6 is 23.2 Å². The summed E-state index contributed by atoms with van der Waals surface area (Å²) in [6.45, 7) is 3.49. The first kappa shape index (κ1) is 24.3. The van der Waals surface area contributed by atoms with E-state index in [-0.39, 0.29) is 6.10 Å². The summed E-state index contributed by atoms with van der Waals surface area (Å²) in [5.41, 5.74) is 4.24. The molecule has 192 valence electrons. The van der Waals surface area contributed by atoms with E-state index in [0.29, 0.717) is 45.7 Å². The van der Waals surface area contributed by atoms with Crippen molar-refractivity contribution in [3.63, 3.8) is 0 Å². The van der Waals surface area contributed by atoms with Crippen LogP contribution in [0.2, 0.25) is 10.0 Å². The lowest BCUT2D eigenvalue weighted by atomic mass is 9.99. The second kappa shape index (κ2) is 10.0. The van der Waals surface area contributed by atoms with Gasteiger partial charge in [0, 0.05) is 40.9 Å². The molecular weight excluding hydrogens is 515 g/mol. The average Bonchev–Trinajstić information content (AvgIpc) is 3.51. The van der Waals surface area contributed by atoms with E-state index in [1.807, 2.05) is 42.5 Å². The van der Waals surface area contributed by atoms with E-state index in [4.69, 9.17) is 32.5 Å². The van der Waals surface area contributed by atoms with Crippen molar-refractivity contribution in [1.82, 2.24) is 15.3 Å². The number of aromatic nitrogens is 3. The van der Waals surface area contributed by atoms with Gasteiger partial charge in [-0.25, -0.2) is 4.79 Å². The van der Waals surface area contributed by atoms with Gasteiger partial charge in [0.25, 0.3) is 0 Å². The minimum Gasteiger partial charge on any atom is -0.373 e. The molecular formula is C27H26Cl2N4O4. The number of hydrogen-bond acceptors (Lipinski definition) is 7. The van der Waals surface area contributed by atoms with Crippen LogP contribution in [0.1, 0.15) is 49.8 Å². The highest BCUT2D eigenvalue weighted by Gasteiger charge is 2.34. The molecule has 6 rings (SSSR count). The highest BCUT2D eigenvalue weighted by molar-refractivity contribution is 6.39. The molecule has 2 atom stereocenters. The van der Waals surface area contributed by atoms with Gasteiger partial charge >= 0.3 is 5.76 Å². The van der Waals surface area contributed by atoms with Crippen molar-refractivity contribution in [1.29, 1.82) is 0 Å². The number of H-pyrrole nitrogens is 1. The quantitative estimate of drug-likeness (QED) is 0.287. The molecule has 1 N–H and O–H groups in total. The summed E-state index contributed by atoms with van der Waals surface area (Å²) >= 11 is 13.0. The number of halogens is 2. The van der Waals surface area contributed by atoms with Crippen LogP contribution in [0, 0.1) is 0 Å². The fourth-order valence-corrected chi connectivity index (χ4v) is 5.65. The second-order valence-electron chi connectivity index (χ2n) is 9.74. The molecule has 2 aromatic carbocycles. The van der Waals surface area contributed by atoms with Gasteiger partial charge in [0.2, 0.25) is 0 Å². The van der Waals surface area contributed by atoms with Crippen molar-refractivity contribution >= 4 is 28.9 Å². The SMILES string of the molecule is C[C@@H]1C[C@H](OCc2c(-c3c(Cl)cccc3Cl)noc2C2CC2)CCN1c1ccc(-c2noc(=O)[nH]2)cc1. The number of benzene rings is 2. The lowest BCUT2D eigenvalue weighted by Gasteiger charge is -2.39. The highest BCUT2D eigenvalue weighted by Crippen LogP contribution is 2.46. The molecule has 2 fully saturated rings. The maximum absolute atomic E-state index is 11.2.